The second kappa shape index (κ2) is 9.01. The van der Waals surface area contributed by atoms with Gasteiger partial charge in [-0.05, 0) is 55.5 Å². The number of aromatic nitrogens is 3. The standard InChI is InChI=1S/C22H23ClN4OS/c1-2-27-21(17-10-12-18(23)13-11-17)25-26-22(27)29-14-19(28)24-20(16-8-9-16)15-6-4-3-5-7-15/h3-7,10-13,16,20H,2,8-9,14H2,1H3,(H,24,28). The van der Waals surface area contributed by atoms with Gasteiger partial charge in [0.25, 0.3) is 0 Å². The summed E-state index contributed by atoms with van der Waals surface area (Å²) in [6, 6.07) is 17.9. The lowest BCUT2D eigenvalue weighted by molar-refractivity contribution is -0.119. The van der Waals surface area contributed by atoms with Crippen LogP contribution in [-0.4, -0.2) is 26.4 Å². The number of carbonyl (C=O) groups is 1. The summed E-state index contributed by atoms with van der Waals surface area (Å²) in [4.78, 5) is 12.6. The van der Waals surface area contributed by atoms with Crippen molar-refractivity contribution in [1.29, 1.82) is 0 Å². The average molecular weight is 427 g/mol. The Morgan fingerprint density at radius 2 is 1.90 bits per heavy atom. The van der Waals surface area contributed by atoms with Crippen LogP contribution in [0, 0.1) is 5.92 Å². The smallest absolute Gasteiger partial charge is 0.230 e. The van der Waals surface area contributed by atoms with Gasteiger partial charge in [-0.15, -0.1) is 10.2 Å². The van der Waals surface area contributed by atoms with Crippen LogP contribution in [-0.2, 0) is 11.3 Å². The molecule has 1 amide bonds. The number of hydrogen-bond acceptors (Lipinski definition) is 4. The fourth-order valence-electron chi connectivity index (χ4n) is 3.40. The minimum absolute atomic E-state index is 0.0226. The lowest BCUT2D eigenvalue weighted by Crippen LogP contribution is -2.31. The van der Waals surface area contributed by atoms with E-state index in [0.717, 1.165) is 23.1 Å². The quantitative estimate of drug-likeness (QED) is 0.516. The Morgan fingerprint density at radius 3 is 2.55 bits per heavy atom. The monoisotopic (exact) mass is 426 g/mol. The van der Waals surface area contributed by atoms with E-state index >= 15 is 0 Å². The second-order valence-corrected chi connectivity index (χ2v) is 8.52. The minimum Gasteiger partial charge on any atom is -0.348 e. The Balaban J connectivity index is 1.42. The average Bonchev–Trinajstić information content (AvgIpc) is 3.51. The van der Waals surface area contributed by atoms with E-state index in [1.165, 1.54) is 30.2 Å². The van der Waals surface area contributed by atoms with Gasteiger partial charge in [-0.3, -0.25) is 4.79 Å². The number of nitrogens with zero attached hydrogens (tertiary/aromatic N) is 3. The first-order chi connectivity index (χ1) is 14.2. The predicted octanol–water partition coefficient (Wildman–Crippen LogP) is 4.98. The van der Waals surface area contributed by atoms with Gasteiger partial charge in [0.2, 0.25) is 5.91 Å². The molecule has 3 aromatic rings. The molecule has 7 heteroatoms. The molecular formula is C22H23ClN4OS. The Hall–Kier alpha value is -2.31. The van der Waals surface area contributed by atoms with E-state index in [-0.39, 0.29) is 11.9 Å². The third kappa shape index (κ3) is 4.82. The largest absolute Gasteiger partial charge is 0.348 e. The Kier molecular flexibility index (Phi) is 6.21. The van der Waals surface area contributed by atoms with Crippen LogP contribution in [0.5, 0.6) is 0 Å². The number of carbonyl (C=O) groups excluding carboxylic acids is 1. The van der Waals surface area contributed by atoms with Crippen molar-refractivity contribution in [2.45, 2.75) is 37.5 Å². The molecule has 5 nitrogen and oxygen atoms in total. The number of rotatable bonds is 8. The van der Waals surface area contributed by atoms with E-state index in [1.54, 1.807) is 0 Å². The Morgan fingerprint density at radius 1 is 1.17 bits per heavy atom. The summed E-state index contributed by atoms with van der Waals surface area (Å²) in [5, 5.41) is 13.3. The normalized spacial score (nSPS) is 14.6. The zero-order valence-corrected chi connectivity index (χ0v) is 17.8. The molecule has 1 heterocycles. The first kappa shape index (κ1) is 20.0. The van der Waals surface area contributed by atoms with Crippen molar-refractivity contribution < 1.29 is 4.79 Å². The van der Waals surface area contributed by atoms with Gasteiger partial charge in [-0.1, -0.05) is 53.7 Å². The molecule has 0 aliphatic heterocycles. The lowest BCUT2D eigenvalue weighted by atomic mass is 10.0. The van der Waals surface area contributed by atoms with Crippen molar-refractivity contribution >= 4 is 29.3 Å². The first-order valence-corrected chi connectivity index (χ1v) is 11.2. The molecule has 150 valence electrons. The molecule has 0 bridgehead atoms. The SMILES string of the molecule is CCn1c(SCC(=O)NC(c2ccccc2)C2CC2)nnc1-c1ccc(Cl)cc1. The summed E-state index contributed by atoms with van der Waals surface area (Å²) in [5.74, 6) is 1.67. The zero-order chi connectivity index (χ0) is 20.2. The van der Waals surface area contributed by atoms with Crippen molar-refractivity contribution in [3.63, 3.8) is 0 Å². The van der Waals surface area contributed by atoms with Crippen LogP contribution < -0.4 is 5.32 Å². The van der Waals surface area contributed by atoms with E-state index < -0.39 is 0 Å². The van der Waals surface area contributed by atoms with Gasteiger partial charge in [-0.2, -0.15) is 0 Å². The van der Waals surface area contributed by atoms with Gasteiger partial charge >= 0.3 is 0 Å². The summed E-state index contributed by atoms with van der Waals surface area (Å²) in [7, 11) is 0. The van der Waals surface area contributed by atoms with Crippen molar-refractivity contribution in [3.05, 3.63) is 65.2 Å². The van der Waals surface area contributed by atoms with Crippen molar-refractivity contribution in [1.82, 2.24) is 20.1 Å². The van der Waals surface area contributed by atoms with Crippen molar-refractivity contribution in [3.8, 4) is 11.4 Å². The highest BCUT2D eigenvalue weighted by molar-refractivity contribution is 7.99. The van der Waals surface area contributed by atoms with Crippen LogP contribution in [0.15, 0.2) is 59.8 Å². The van der Waals surface area contributed by atoms with Crippen molar-refractivity contribution in [2.24, 2.45) is 5.92 Å². The molecule has 0 saturated heterocycles. The predicted molar refractivity (Wildman–Crippen MR) is 117 cm³/mol. The molecule has 1 unspecified atom stereocenters. The molecular weight excluding hydrogens is 404 g/mol. The number of hydrogen-bond donors (Lipinski definition) is 1. The van der Waals surface area contributed by atoms with Crippen molar-refractivity contribution in [2.75, 3.05) is 5.75 Å². The summed E-state index contributed by atoms with van der Waals surface area (Å²) >= 11 is 7.40. The highest BCUT2D eigenvalue weighted by Crippen LogP contribution is 2.41. The highest BCUT2D eigenvalue weighted by Gasteiger charge is 2.33. The third-order valence-electron chi connectivity index (χ3n) is 5.04. The molecule has 0 radical (unpaired) electrons. The van der Waals surface area contributed by atoms with E-state index in [1.807, 2.05) is 54.0 Å². The molecule has 1 aromatic heterocycles. The topological polar surface area (TPSA) is 59.8 Å². The fourth-order valence-corrected chi connectivity index (χ4v) is 4.34. The Bertz CT molecular complexity index is 970. The van der Waals surface area contributed by atoms with E-state index in [4.69, 9.17) is 11.6 Å². The number of thioether (sulfide) groups is 1. The van der Waals surface area contributed by atoms with E-state index in [0.29, 0.717) is 16.7 Å². The molecule has 4 rings (SSSR count). The van der Waals surface area contributed by atoms with Gasteiger partial charge < -0.3 is 9.88 Å². The lowest BCUT2D eigenvalue weighted by Gasteiger charge is -2.18. The van der Waals surface area contributed by atoms with Crippen LogP contribution in [0.25, 0.3) is 11.4 Å². The van der Waals surface area contributed by atoms with Gasteiger partial charge in [-0.25, -0.2) is 0 Å². The van der Waals surface area contributed by atoms with E-state index in [2.05, 4.69) is 27.6 Å². The summed E-state index contributed by atoms with van der Waals surface area (Å²) in [6.45, 7) is 2.77. The summed E-state index contributed by atoms with van der Waals surface area (Å²) in [5.41, 5.74) is 2.13. The number of nitrogens with one attached hydrogen (secondary N) is 1. The van der Waals surface area contributed by atoms with Gasteiger partial charge in [0.1, 0.15) is 0 Å². The van der Waals surface area contributed by atoms with E-state index in [9.17, 15) is 4.79 Å². The first-order valence-electron chi connectivity index (χ1n) is 9.82. The molecule has 1 saturated carbocycles. The van der Waals surface area contributed by atoms with Gasteiger partial charge in [0.15, 0.2) is 11.0 Å². The molecule has 1 fully saturated rings. The van der Waals surface area contributed by atoms with Gasteiger partial charge in [0, 0.05) is 17.1 Å². The highest BCUT2D eigenvalue weighted by atomic mass is 35.5. The number of amides is 1. The van der Waals surface area contributed by atoms with Gasteiger partial charge in [0.05, 0.1) is 11.8 Å². The van der Waals surface area contributed by atoms with Crippen LogP contribution in [0.2, 0.25) is 5.02 Å². The third-order valence-corrected chi connectivity index (χ3v) is 6.26. The molecule has 1 aliphatic rings. The second-order valence-electron chi connectivity index (χ2n) is 7.14. The Labute approximate surface area is 179 Å². The van der Waals surface area contributed by atoms with Crippen LogP contribution >= 0.6 is 23.4 Å². The number of benzene rings is 2. The van der Waals surface area contributed by atoms with Crippen LogP contribution in [0.3, 0.4) is 0 Å². The van der Waals surface area contributed by atoms with Crippen LogP contribution in [0.1, 0.15) is 31.4 Å². The minimum atomic E-state index is 0.0226. The molecule has 1 N–H and O–H groups in total. The summed E-state index contributed by atoms with van der Waals surface area (Å²) < 4.78 is 2.02. The molecule has 29 heavy (non-hydrogen) atoms. The maximum absolute atomic E-state index is 12.6. The maximum Gasteiger partial charge on any atom is 0.230 e. The maximum atomic E-state index is 12.6. The van der Waals surface area contributed by atoms with Crippen LogP contribution in [0.4, 0.5) is 0 Å². The molecule has 1 aliphatic carbocycles. The molecule has 1 atom stereocenters. The molecule has 2 aromatic carbocycles. The summed E-state index contributed by atoms with van der Waals surface area (Å²) in [6.07, 6.45) is 2.34. The fraction of sp³-hybridized carbons (Fsp3) is 0.318. The number of halogens is 1. The molecule has 0 spiro atoms. The zero-order valence-electron chi connectivity index (χ0n) is 16.2.